The molecule has 1 saturated heterocycles. The van der Waals surface area contributed by atoms with E-state index in [1.54, 1.807) is 7.11 Å². The molecule has 106 valence electrons. The minimum atomic E-state index is 0.221. The molecule has 0 aromatic heterocycles. The zero-order valence-electron chi connectivity index (χ0n) is 12.1. The first-order valence-corrected chi connectivity index (χ1v) is 6.90. The fourth-order valence-electron chi connectivity index (χ4n) is 2.68. The second-order valence-corrected chi connectivity index (χ2v) is 5.16. The van der Waals surface area contributed by atoms with Crippen LogP contribution in [0.1, 0.15) is 24.8 Å². The number of likely N-dealkylation sites (tertiary alicyclic amines) is 1. The third-order valence-electron chi connectivity index (χ3n) is 3.79. The molecule has 4 nitrogen and oxygen atoms in total. The van der Waals surface area contributed by atoms with Crippen LogP contribution in [0.5, 0.6) is 11.5 Å². The van der Waals surface area contributed by atoms with Crippen molar-refractivity contribution in [3.05, 3.63) is 23.8 Å². The fourth-order valence-corrected chi connectivity index (χ4v) is 2.68. The van der Waals surface area contributed by atoms with Crippen LogP contribution < -0.4 is 15.2 Å². The van der Waals surface area contributed by atoms with E-state index in [1.807, 2.05) is 13.0 Å². The summed E-state index contributed by atoms with van der Waals surface area (Å²) in [5.41, 5.74) is 7.50. The summed E-state index contributed by atoms with van der Waals surface area (Å²) in [5.74, 6) is 1.95. The normalized spacial score (nSPS) is 24.2. The molecule has 1 aliphatic rings. The summed E-state index contributed by atoms with van der Waals surface area (Å²) in [5, 5.41) is 0. The van der Waals surface area contributed by atoms with Gasteiger partial charge in [0, 0.05) is 18.5 Å². The zero-order chi connectivity index (χ0) is 13.8. The number of benzene rings is 1. The second kappa shape index (κ2) is 6.26. The predicted octanol–water partition coefficient (Wildman–Crippen LogP) is 1.84. The molecule has 1 aromatic rings. The average Bonchev–Trinajstić information content (AvgIpc) is 2.42. The van der Waals surface area contributed by atoms with Crippen LogP contribution in [0.3, 0.4) is 0 Å². The lowest BCUT2D eigenvalue weighted by atomic mass is 9.86. The number of hydrogen-bond donors (Lipinski definition) is 1. The first-order valence-electron chi connectivity index (χ1n) is 6.90. The number of hydrogen-bond acceptors (Lipinski definition) is 4. The van der Waals surface area contributed by atoms with Crippen molar-refractivity contribution in [2.75, 3.05) is 33.9 Å². The van der Waals surface area contributed by atoms with E-state index in [9.17, 15) is 0 Å². The van der Waals surface area contributed by atoms with Gasteiger partial charge in [-0.2, -0.15) is 0 Å². The van der Waals surface area contributed by atoms with Crippen LogP contribution in [0.15, 0.2) is 18.2 Å². The quantitative estimate of drug-likeness (QED) is 0.901. The molecule has 0 aliphatic carbocycles. The molecule has 2 N–H and O–H groups in total. The molecular weight excluding hydrogens is 240 g/mol. The molecule has 1 fully saturated rings. The molecule has 4 heteroatoms. The maximum atomic E-state index is 6.26. The van der Waals surface area contributed by atoms with Crippen LogP contribution in [0, 0.1) is 0 Å². The van der Waals surface area contributed by atoms with E-state index in [1.165, 1.54) is 5.56 Å². The van der Waals surface area contributed by atoms with Crippen LogP contribution in [0.4, 0.5) is 0 Å². The largest absolute Gasteiger partial charge is 0.493 e. The molecule has 0 amide bonds. The summed E-state index contributed by atoms with van der Waals surface area (Å²) in [6, 6.07) is 6.38. The van der Waals surface area contributed by atoms with Crippen molar-refractivity contribution < 1.29 is 9.47 Å². The number of nitrogens with two attached hydrogens (primary N) is 1. The highest BCUT2D eigenvalue weighted by Gasteiger charge is 2.26. The maximum Gasteiger partial charge on any atom is 0.161 e. The summed E-state index contributed by atoms with van der Waals surface area (Å²) < 4.78 is 11.0. The average molecular weight is 264 g/mol. The molecule has 0 radical (unpaired) electrons. The molecular formula is C15H24N2O2. The summed E-state index contributed by atoms with van der Waals surface area (Å²) in [4.78, 5) is 2.33. The lowest BCUT2D eigenvalue weighted by molar-refractivity contribution is 0.227. The number of rotatable bonds is 4. The van der Waals surface area contributed by atoms with Gasteiger partial charge in [0.25, 0.3) is 0 Å². The lowest BCUT2D eigenvalue weighted by Gasteiger charge is -2.35. The van der Waals surface area contributed by atoms with E-state index in [-0.39, 0.29) is 6.04 Å². The van der Waals surface area contributed by atoms with Gasteiger partial charge in [-0.05, 0) is 44.6 Å². The molecule has 2 rings (SSSR count). The van der Waals surface area contributed by atoms with Crippen molar-refractivity contribution in [1.29, 1.82) is 0 Å². The molecule has 0 spiro atoms. The van der Waals surface area contributed by atoms with Crippen molar-refractivity contribution in [2.24, 2.45) is 5.73 Å². The molecule has 2 atom stereocenters. The van der Waals surface area contributed by atoms with E-state index in [0.29, 0.717) is 12.5 Å². The lowest BCUT2D eigenvalue weighted by Crippen LogP contribution is -2.43. The highest BCUT2D eigenvalue weighted by molar-refractivity contribution is 5.44. The van der Waals surface area contributed by atoms with Gasteiger partial charge in [-0.1, -0.05) is 6.07 Å². The number of likely N-dealkylation sites (N-methyl/N-ethyl adjacent to an activating group) is 1. The van der Waals surface area contributed by atoms with Crippen molar-refractivity contribution >= 4 is 0 Å². The minimum absolute atomic E-state index is 0.221. The highest BCUT2D eigenvalue weighted by atomic mass is 16.5. The van der Waals surface area contributed by atoms with Gasteiger partial charge < -0.3 is 20.1 Å². The number of piperidine rings is 1. The monoisotopic (exact) mass is 264 g/mol. The molecule has 0 bridgehead atoms. The van der Waals surface area contributed by atoms with Crippen molar-refractivity contribution in [1.82, 2.24) is 4.90 Å². The van der Waals surface area contributed by atoms with E-state index in [0.717, 1.165) is 31.0 Å². The van der Waals surface area contributed by atoms with Crippen molar-refractivity contribution in [2.45, 2.75) is 25.3 Å². The third-order valence-corrected chi connectivity index (χ3v) is 3.79. The molecule has 19 heavy (non-hydrogen) atoms. The summed E-state index contributed by atoms with van der Waals surface area (Å²) in [7, 11) is 3.82. The Balaban J connectivity index is 2.24. The summed E-state index contributed by atoms with van der Waals surface area (Å²) in [6.45, 7) is 4.69. The SMILES string of the molecule is CCOc1ccc([C@@H]2CN(C)CC[C@@H]2N)cc1OC. The Bertz CT molecular complexity index is 423. The van der Waals surface area contributed by atoms with Crippen LogP contribution in [0.2, 0.25) is 0 Å². The Labute approximate surface area is 115 Å². The van der Waals surface area contributed by atoms with Crippen LogP contribution in [-0.2, 0) is 0 Å². The van der Waals surface area contributed by atoms with Gasteiger partial charge in [0.05, 0.1) is 13.7 Å². The van der Waals surface area contributed by atoms with Gasteiger partial charge in [-0.25, -0.2) is 0 Å². The molecule has 0 unspecified atom stereocenters. The Morgan fingerprint density at radius 2 is 2.16 bits per heavy atom. The van der Waals surface area contributed by atoms with Crippen LogP contribution in [-0.4, -0.2) is 44.8 Å². The van der Waals surface area contributed by atoms with E-state index < -0.39 is 0 Å². The smallest absolute Gasteiger partial charge is 0.161 e. The van der Waals surface area contributed by atoms with Crippen molar-refractivity contribution in [3.8, 4) is 11.5 Å². The van der Waals surface area contributed by atoms with Crippen LogP contribution >= 0.6 is 0 Å². The van der Waals surface area contributed by atoms with Crippen LogP contribution in [0.25, 0.3) is 0 Å². The van der Waals surface area contributed by atoms with E-state index >= 15 is 0 Å². The topological polar surface area (TPSA) is 47.7 Å². The molecule has 1 heterocycles. The van der Waals surface area contributed by atoms with E-state index in [4.69, 9.17) is 15.2 Å². The van der Waals surface area contributed by atoms with E-state index in [2.05, 4.69) is 24.1 Å². The summed E-state index contributed by atoms with van der Waals surface area (Å²) in [6.07, 6.45) is 1.04. The first-order chi connectivity index (χ1) is 9.15. The molecule has 1 aliphatic heterocycles. The van der Waals surface area contributed by atoms with Gasteiger partial charge in [0.15, 0.2) is 11.5 Å². The Morgan fingerprint density at radius 1 is 1.37 bits per heavy atom. The Morgan fingerprint density at radius 3 is 2.84 bits per heavy atom. The number of ether oxygens (including phenoxy) is 2. The fraction of sp³-hybridized carbons (Fsp3) is 0.600. The zero-order valence-corrected chi connectivity index (χ0v) is 12.1. The van der Waals surface area contributed by atoms with Gasteiger partial charge in [0.2, 0.25) is 0 Å². The second-order valence-electron chi connectivity index (χ2n) is 5.16. The Kier molecular flexibility index (Phi) is 4.66. The molecule has 1 aromatic carbocycles. The van der Waals surface area contributed by atoms with Gasteiger partial charge in [0.1, 0.15) is 0 Å². The third kappa shape index (κ3) is 3.19. The Hall–Kier alpha value is -1.26. The summed E-state index contributed by atoms with van der Waals surface area (Å²) >= 11 is 0. The van der Waals surface area contributed by atoms with Gasteiger partial charge >= 0.3 is 0 Å². The standard InChI is InChI=1S/C15H24N2O2/c1-4-19-14-6-5-11(9-15(14)18-3)12-10-17(2)8-7-13(12)16/h5-6,9,12-13H,4,7-8,10,16H2,1-3H3/t12-,13-/m0/s1. The molecule has 0 saturated carbocycles. The predicted molar refractivity (Wildman–Crippen MR) is 77.0 cm³/mol. The highest BCUT2D eigenvalue weighted by Crippen LogP contribution is 2.33. The number of nitrogens with zero attached hydrogens (tertiary/aromatic N) is 1. The van der Waals surface area contributed by atoms with Gasteiger partial charge in [-0.3, -0.25) is 0 Å². The van der Waals surface area contributed by atoms with Gasteiger partial charge in [-0.15, -0.1) is 0 Å². The first kappa shape index (κ1) is 14.2. The minimum Gasteiger partial charge on any atom is -0.493 e. The van der Waals surface area contributed by atoms with Crippen molar-refractivity contribution in [3.63, 3.8) is 0 Å². The number of methoxy groups -OCH3 is 1. The maximum absolute atomic E-state index is 6.26.